The summed E-state index contributed by atoms with van der Waals surface area (Å²) in [6, 6.07) is 9.74. The molecule has 0 spiro atoms. The number of benzene rings is 1. The van der Waals surface area contributed by atoms with Crippen LogP contribution in [0.5, 0.6) is 0 Å². The third kappa shape index (κ3) is 9.09. The Morgan fingerprint density at radius 1 is 0.791 bits per heavy atom. The number of hydrogen-bond donors (Lipinski definition) is 1. The lowest BCUT2D eigenvalue weighted by molar-refractivity contribution is -0.137. The van der Waals surface area contributed by atoms with Crippen LogP contribution in [0.2, 0.25) is 0 Å². The van der Waals surface area contributed by atoms with Gasteiger partial charge in [0, 0.05) is 118 Å². The summed E-state index contributed by atoms with van der Waals surface area (Å²) in [6.07, 6.45) is 11.2. The summed E-state index contributed by atoms with van der Waals surface area (Å²) < 4.78 is 1.76. The van der Waals surface area contributed by atoms with Crippen LogP contribution in [-0.2, 0) is 22.6 Å². The number of piperidine rings is 2. The van der Waals surface area contributed by atoms with Gasteiger partial charge in [-0.15, -0.1) is 0 Å². The molecule has 3 aromatic heterocycles. The zero-order valence-corrected chi connectivity index (χ0v) is 39.1. The molecule has 3 amide bonds. The number of hydrogen-bond acceptors (Lipinski definition) is 12. The van der Waals surface area contributed by atoms with Crippen molar-refractivity contribution in [1.82, 2.24) is 44.4 Å². The van der Waals surface area contributed by atoms with Gasteiger partial charge in [0.15, 0.2) is 5.78 Å². The SMILES string of the molecule is C=C1CC[C@H](N2Cc3cc(N4CCN(C(=O)C5CCN(CCN6CCN(c7ccc(Cc8ncc9c(C)c(C(C)=O)c(=O)n(C%10CCCC%10)c9n8)nc7)CC6)CC5)CC4)ccc3C2=O)C(=O)N1. The number of Topliss-reactive ketones (excluding diaryl/α,β-unsaturated/α-hetero) is 1. The maximum Gasteiger partial charge on any atom is 0.263 e. The average molecular weight is 910 g/mol. The molecule has 1 saturated carbocycles. The Morgan fingerprint density at radius 2 is 1.48 bits per heavy atom. The second kappa shape index (κ2) is 18.9. The quantitative estimate of drug-likeness (QED) is 0.213. The fourth-order valence-corrected chi connectivity index (χ4v) is 11.4. The van der Waals surface area contributed by atoms with E-state index in [2.05, 4.69) is 53.5 Å². The lowest BCUT2D eigenvalue weighted by Crippen LogP contribution is -2.52. The Kier molecular flexibility index (Phi) is 12.7. The Balaban J connectivity index is 0.651. The van der Waals surface area contributed by atoms with Crippen molar-refractivity contribution in [3.8, 4) is 0 Å². The lowest BCUT2D eigenvalue weighted by atomic mass is 9.95. The van der Waals surface area contributed by atoms with E-state index < -0.39 is 6.04 Å². The molecule has 1 N–H and O–H groups in total. The van der Waals surface area contributed by atoms with Crippen LogP contribution in [-0.4, -0.2) is 147 Å². The molecule has 16 nitrogen and oxygen atoms in total. The van der Waals surface area contributed by atoms with Crippen LogP contribution in [0.1, 0.15) is 108 Å². The number of pyridine rings is 2. The van der Waals surface area contributed by atoms with Crippen molar-refractivity contribution < 1.29 is 19.2 Å². The Bertz CT molecular complexity index is 2640. The Labute approximate surface area is 392 Å². The number of aromatic nitrogens is 4. The van der Waals surface area contributed by atoms with Crippen LogP contribution in [0, 0.1) is 12.8 Å². The highest BCUT2D eigenvalue weighted by Crippen LogP contribution is 2.34. The topological polar surface area (TPSA) is 160 Å². The van der Waals surface area contributed by atoms with E-state index in [1.807, 2.05) is 31.3 Å². The number of fused-ring (bicyclic) bond motifs is 2. The van der Waals surface area contributed by atoms with Crippen molar-refractivity contribution in [2.24, 2.45) is 5.92 Å². The largest absolute Gasteiger partial charge is 0.368 e. The number of rotatable bonds is 11. The van der Waals surface area contributed by atoms with E-state index >= 15 is 0 Å². The number of aryl methyl sites for hydroxylation is 1. The molecule has 0 unspecified atom stereocenters. The van der Waals surface area contributed by atoms with Crippen molar-refractivity contribution in [3.63, 3.8) is 0 Å². The second-order valence-electron chi connectivity index (χ2n) is 19.6. The van der Waals surface area contributed by atoms with Crippen molar-refractivity contribution >= 4 is 45.9 Å². The van der Waals surface area contributed by atoms with Gasteiger partial charge in [-0.3, -0.25) is 38.4 Å². The van der Waals surface area contributed by atoms with Crippen molar-refractivity contribution in [1.29, 1.82) is 0 Å². The first-order valence-electron chi connectivity index (χ1n) is 24.5. The number of piperazine rings is 2. The first-order chi connectivity index (χ1) is 32.5. The molecule has 5 fully saturated rings. The summed E-state index contributed by atoms with van der Waals surface area (Å²) >= 11 is 0. The van der Waals surface area contributed by atoms with Crippen LogP contribution in [0.25, 0.3) is 11.0 Å². The molecule has 8 heterocycles. The molecule has 16 heteroatoms. The molecule has 67 heavy (non-hydrogen) atoms. The summed E-state index contributed by atoms with van der Waals surface area (Å²) in [4.78, 5) is 93.6. The number of amides is 3. The number of ketones is 1. The van der Waals surface area contributed by atoms with E-state index in [0.717, 1.165) is 132 Å². The van der Waals surface area contributed by atoms with Gasteiger partial charge in [0.1, 0.15) is 17.5 Å². The third-order valence-corrected chi connectivity index (χ3v) is 15.4. The maximum atomic E-state index is 13.7. The minimum absolute atomic E-state index is 0.0424. The fourth-order valence-electron chi connectivity index (χ4n) is 11.4. The number of carbonyl (C=O) groups is 4. The second-order valence-corrected chi connectivity index (χ2v) is 19.6. The standard InChI is InChI=1S/C51H63N11O5/c1-33-8-13-44(48(64)54-33)61-32-37-28-40(11-12-42(37)50(61)66)58-24-26-60(27-25-58)49(65)36-14-16-56(17-15-36)18-19-57-20-22-59(23-21-57)41-10-9-38(52-30-41)29-45-53-31-43-34(2)46(35(3)63)51(67)62(47(43)55-45)39-6-4-5-7-39/h9-12,28,30-31,36,39,44H,1,4-8,13-27,29,32H2,2-3H3,(H,54,64)/t44-/m0/s1. The molecule has 5 aliphatic heterocycles. The number of carbonyl (C=O) groups excluding carboxylic acids is 4. The van der Waals surface area contributed by atoms with Gasteiger partial charge in [-0.25, -0.2) is 9.97 Å². The average Bonchev–Trinajstić information content (AvgIpc) is 3.99. The Hall–Kier alpha value is -6.00. The monoisotopic (exact) mass is 910 g/mol. The zero-order chi connectivity index (χ0) is 46.3. The number of likely N-dealkylation sites (tertiary alicyclic amines) is 1. The molecule has 1 atom stereocenters. The normalized spacial score (nSPS) is 21.4. The molecule has 0 bridgehead atoms. The summed E-state index contributed by atoms with van der Waals surface area (Å²) in [5.41, 5.74) is 6.62. The van der Waals surface area contributed by atoms with Gasteiger partial charge in [0.05, 0.1) is 23.9 Å². The highest BCUT2D eigenvalue weighted by molar-refractivity contribution is 6.02. The molecule has 4 saturated heterocycles. The van der Waals surface area contributed by atoms with Crippen LogP contribution >= 0.6 is 0 Å². The third-order valence-electron chi connectivity index (χ3n) is 15.4. The minimum Gasteiger partial charge on any atom is -0.368 e. The van der Waals surface area contributed by atoms with E-state index in [0.29, 0.717) is 67.2 Å². The van der Waals surface area contributed by atoms with Crippen molar-refractivity contribution in [2.75, 3.05) is 88.3 Å². The highest BCUT2D eigenvalue weighted by atomic mass is 16.2. The number of anilines is 2. The number of nitrogens with one attached hydrogen (secondary N) is 1. The Morgan fingerprint density at radius 3 is 2.16 bits per heavy atom. The summed E-state index contributed by atoms with van der Waals surface area (Å²) in [5.74, 6) is 0.504. The minimum atomic E-state index is -0.470. The molecular formula is C51H63N11O5. The van der Waals surface area contributed by atoms with Crippen molar-refractivity contribution in [3.05, 3.63) is 99.1 Å². The number of nitrogens with zero attached hydrogens (tertiary/aromatic N) is 10. The molecule has 4 aromatic rings. The van der Waals surface area contributed by atoms with E-state index in [1.165, 1.54) is 6.92 Å². The smallest absolute Gasteiger partial charge is 0.263 e. The van der Waals surface area contributed by atoms with Gasteiger partial charge in [0.25, 0.3) is 11.5 Å². The molecule has 0 radical (unpaired) electrons. The molecule has 1 aliphatic carbocycles. The number of allylic oxidation sites excluding steroid dienone is 1. The molecule has 352 valence electrons. The van der Waals surface area contributed by atoms with Gasteiger partial charge < -0.3 is 29.8 Å². The van der Waals surface area contributed by atoms with Gasteiger partial charge in [-0.1, -0.05) is 19.4 Å². The first kappa shape index (κ1) is 44.8. The lowest BCUT2D eigenvalue weighted by Gasteiger charge is -2.40. The zero-order valence-electron chi connectivity index (χ0n) is 39.1. The summed E-state index contributed by atoms with van der Waals surface area (Å²) in [5, 5.41) is 3.57. The van der Waals surface area contributed by atoms with Crippen LogP contribution in [0.15, 0.2) is 59.8 Å². The van der Waals surface area contributed by atoms with E-state index in [4.69, 9.17) is 9.97 Å². The molecular weight excluding hydrogens is 847 g/mol. The van der Waals surface area contributed by atoms with Crippen molar-refractivity contribution in [2.45, 2.75) is 90.3 Å². The van der Waals surface area contributed by atoms with E-state index in [-0.39, 0.29) is 46.6 Å². The first-order valence-corrected chi connectivity index (χ1v) is 24.5. The highest BCUT2D eigenvalue weighted by Gasteiger charge is 2.39. The molecule has 1 aromatic carbocycles. The summed E-state index contributed by atoms with van der Waals surface area (Å²) in [7, 11) is 0. The van der Waals surface area contributed by atoms with E-state index in [1.54, 1.807) is 15.7 Å². The van der Waals surface area contributed by atoms with Crippen LogP contribution < -0.4 is 20.7 Å². The van der Waals surface area contributed by atoms with Crippen LogP contribution in [0.3, 0.4) is 0 Å². The van der Waals surface area contributed by atoms with Gasteiger partial charge in [-0.05, 0) is 107 Å². The molecule has 10 rings (SSSR count). The fraction of sp³-hybridized carbons (Fsp3) is 0.529. The van der Waals surface area contributed by atoms with Gasteiger partial charge in [0.2, 0.25) is 11.8 Å². The predicted molar refractivity (Wildman–Crippen MR) is 256 cm³/mol. The van der Waals surface area contributed by atoms with E-state index in [9.17, 15) is 24.0 Å². The van der Waals surface area contributed by atoms with Gasteiger partial charge >= 0.3 is 0 Å². The summed E-state index contributed by atoms with van der Waals surface area (Å²) in [6.45, 7) is 18.2. The molecule has 6 aliphatic rings. The maximum absolute atomic E-state index is 13.7. The van der Waals surface area contributed by atoms with Gasteiger partial charge in [-0.2, -0.15) is 0 Å². The predicted octanol–water partition coefficient (Wildman–Crippen LogP) is 4.33. The van der Waals surface area contributed by atoms with Crippen LogP contribution in [0.4, 0.5) is 11.4 Å².